The van der Waals surface area contributed by atoms with Crippen molar-refractivity contribution >= 4 is 5.91 Å². The van der Waals surface area contributed by atoms with E-state index in [0.29, 0.717) is 30.8 Å². The third kappa shape index (κ3) is 2.30. The van der Waals surface area contributed by atoms with Gasteiger partial charge in [-0.25, -0.2) is 4.39 Å². The maximum absolute atomic E-state index is 13.7. The van der Waals surface area contributed by atoms with Gasteiger partial charge in [0.1, 0.15) is 18.0 Å². The molecule has 0 aromatic heterocycles. The Morgan fingerprint density at radius 3 is 3.11 bits per heavy atom. The Bertz CT molecular complexity index is 506. The van der Waals surface area contributed by atoms with E-state index in [1.807, 2.05) is 12.1 Å². The maximum atomic E-state index is 13.7. The molecule has 1 amide bonds. The van der Waals surface area contributed by atoms with Crippen molar-refractivity contribution in [2.45, 2.75) is 25.2 Å². The lowest BCUT2D eigenvalue weighted by molar-refractivity contribution is 0.0728. The van der Waals surface area contributed by atoms with Gasteiger partial charge in [-0.05, 0) is 30.7 Å². The number of benzene rings is 1. The van der Waals surface area contributed by atoms with Crippen LogP contribution in [0.15, 0.2) is 18.2 Å². The first-order valence-corrected chi connectivity index (χ1v) is 6.55. The van der Waals surface area contributed by atoms with Crippen LogP contribution in [0.25, 0.3) is 0 Å². The van der Waals surface area contributed by atoms with Crippen molar-refractivity contribution < 1.29 is 13.9 Å². The van der Waals surface area contributed by atoms with Crippen LogP contribution in [0.3, 0.4) is 0 Å². The normalized spacial score (nSPS) is 26.4. The van der Waals surface area contributed by atoms with Crippen LogP contribution < -0.4 is 10.1 Å². The molecule has 3 rings (SSSR count). The van der Waals surface area contributed by atoms with Crippen molar-refractivity contribution in [2.24, 2.45) is 0 Å². The molecule has 2 aliphatic rings. The predicted octanol–water partition coefficient (Wildman–Crippen LogP) is 1.35. The van der Waals surface area contributed by atoms with E-state index < -0.39 is 12.3 Å². The fourth-order valence-corrected chi connectivity index (χ4v) is 2.60. The summed E-state index contributed by atoms with van der Waals surface area (Å²) in [5.41, 5.74) is 1.67. The van der Waals surface area contributed by atoms with E-state index in [1.54, 1.807) is 18.0 Å². The number of hydrogen-bond acceptors (Lipinski definition) is 3. The van der Waals surface area contributed by atoms with E-state index in [-0.39, 0.29) is 5.91 Å². The van der Waals surface area contributed by atoms with Crippen molar-refractivity contribution in [1.82, 2.24) is 10.2 Å². The summed E-state index contributed by atoms with van der Waals surface area (Å²) in [4.78, 5) is 13.6. The SMILES string of the molecule is CN1Cc2ccc(OC3CCNCC3F)cc2C1=O. The van der Waals surface area contributed by atoms with Gasteiger partial charge < -0.3 is 15.0 Å². The van der Waals surface area contributed by atoms with Gasteiger partial charge >= 0.3 is 0 Å². The number of piperidine rings is 1. The molecule has 19 heavy (non-hydrogen) atoms. The summed E-state index contributed by atoms with van der Waals surface area (Å²) in [6, 6.07) is 5.44. The summed E-state index contributed by atoms with van der Waals surface area (Å²) in [6.07, 6.45) is -0.777. The third-order valence-electron chi connectivity index (χ3n) is 3.70. The van der Waals surface area contributed by atoms with Gasteiger partial charge in [-0.3, -0.25) is 4.79 Å². The van der Waals surface area contributed by atoms with Gasteiger partial charge in [-0.15, -0.1) is 0 Å². The van der Waals surface area contributed by atoms with Gasteiger partial charge in [0.15, 0.2) is 0 Å². The summed E-state index contributed by atoms with van der Waals surface area (Å²) in [5.74, 6) is 0.583. The minimum atomic E-state index is -1.000. The van der Waals surface area contributed by atoms with Crippen LogP contribution >= 0.6 is 0 Å². The lowest BCUT2D eigenvalue weighted by atomic mass is 10.1. The molecule has 1 N–H and O–H groups in total. The van der Waals surface area contributed by atoms with E-state index in [0.717, 1.165) is 12.1 Å². The lowest BCUT2D eigenvalue weighted by Gasteiger charge is -2.27. The summed E-state index contributed by atoms with van der Waals surface area (Å²) in [6.45, 7) is 1.72. The predicted molar refractivity (Wildman–Crippen MR) is 69.0 cm³/mol. The molecule has 0 spiro atoms. The van der Waals surface area contributed by atoms with Crippen LogP contribution in [0.1, 0.15) is 22.3 Å². The summed E-state index contributed by atoms with van der Waals surface area (Å²) in [5, 5.41) is 2.99. The van der Waals surface area contributed by atoms with Gasteiger partial charge in [0.2, 0.25) is 0 Å². The quantitative estimate of drug-likeness (QED) is 0.876. The van der Waals surface area contributed by atoms with Gasteiger partial charge in [-0.2, -0.15) is 0 Å². The highest BCUT2D eigenvalue weighted by Gasteiger charge is 2.28. The van der Waals surface area contributed by atoms with Crippen LogP contribution in [0, 0.1) is 0 Å². The molecule has 2 aliphatic heterocycles. The molecule has 0 bridgehead atoms. The Kier molecular flexibility index (Phi) is 3.14. The van der Waals surface area contributed by atoms with Crippen molar-refractivity contribution in [3.63, 3.8) is 0 Å². The monoisotopic (exact) mass is 264 g/mol. The average Bonchev–Trinajstić information content (AvgIpc) is 2.68. The molecule has 102 valence electrons. The maximum Gasteiger partial charge on any atom is 0.254 e. The standard InChI is InChI=1S/C14H17FN2O2/c1-17-8-9-2-3-10(6-11(9)14(17)18)19-13-4-5-16-7-12(13)15/h2-3,6,12-13,16H,4-5,7-8H2,1H3. The minimum absolute atomic E-state index is 0.00237. The number of nitrogens with zero attached hydrogens (tertiary/aromatic N) is 1. The van der Waals surface area contributed by atoms with E-state index in [1.165, 1.54) is 0 Å². The van der Waals surface area contributed by atoms with Gasteiger partial charge in [0, 0.05) is 25.7 Å². The lowest BCUT2D eigenvalue weighted by Crippen LogP contribution is -2.44. The third-order valence-corrected chi connectivity index (χ3v) is 3.70. The van der Waals surface area contributed by atoms with Crippen LogP contribution in [0.4, 0.5) is 4.39 Å². The first kappa shape index (κ1) is 12.4. The zero-order chi connectivity index (χ0) is 13.4. The van der Waals surface area contributed by atoms with Crippen molar-refractivity contribution in [1.29, 1.82) is 0 Å². The number of halogens is 1. The molecule has 0 radical (unpaired) electrons. The Labute approximate surface area is 111 Å². The number of alkyl halides is 1. The number of rotatable bonds is 2. The number of ether oxygens (including phenoxy) is 1. The number of carbonyl (C=O) groups excluding carboxylic acids is 1. The Hall–Kier alpha value is -1.62. The molecule has 2 atom stereocenters. The number of carbonyl (C=O) groups is 1. The van der Waals surface area contributed by atoms with Crippen LogP contribution in [-0.4, -0.2) is 43.2 Å². The summed E-state index contributed by atoms with van der Waals surface area (Å²) in [7, 11) is 1.77. The van der Waals surface area contributed by atoms with E-state index >= 15 is 0 Å². The van der Waals surface area contributed by atoms with Crippen LogP contribution in [0.5, 0.6) is 5.75 Å². The Morgan fingerprint density at radius 2 is 2.32 bits per heavy atom. The Morgan fingerprint density at radius 1 is 1.47 bits per heavy atom. The second kappa shape index (κ2) is 4.81. The number of hydrogen-bond donors (Lipinski definition) is 1. The highest BCUT2D eigenvalue weighted by atomic mass is 19.1. The smallest absolute Gasteiger partial charge is 0.254 e. The molecule has 1 aromatic rings. The zero-order valence-corrected chi connectivity index (χ0v) is 10.9. The first-order valence-electron chi connectivity index (χ1n) is 6.55. The molecule has 1 saturated heterocycles. The largest absolute Gasteiger partial charge is 0.487 e. The topological polar surface area (TPSA) is 41.6 Å². The van der Waals surface area contributed by atoms with Gasteiger partial charge in [-0.1, -0.05) is 6.07 Å². The molecular weight excluding hydrogens is 247 g/mol. The summed E-state index contributed by atoms with van der Waals surface area (Å²) >= 11 is 0. The second-order valence-electron chi connectivity index (χ2n) is 5.15. The molecule has 0 saturated carbocycles. The minimum Gasteiger partial charge on any atom is -0.487 e. The molecular formula is C14H17FN2O2. The molecule has 2 heterocycles. The van der Waals surface area contributed by atoms with Crippen molar-refractivity contribution in [3.8, 4) is 5.75 Å². The molecule has 0 aliphatic carbocycles. The van der Waals surface area contributed by atoms with E-state index in [4.69, 9.17) is 4.74 Å². The van der Waals surface area contributed by atoms with Crippen molar-refractivity contribution in [3.05, 3.63) is 29.3 Å². The molecule has 2 unspecified atom stereocenters. The van der Waals surface area contributed by atoms with E-state index in [2.05, 4.69) is 5.32 Å². The number of fused-ring (bicyclic) bond motifs is 1. The summed E-state index contributed by atoms with van der Waals surface area (Å²) < 4.78 is 19.4. The van der Waals surface area contributed by atoms with Crippen LogP contribution in [-0.2, 0) is 6.54 Å². The fourth-order valence-electron chi connectivity index (χ4n) is 2.60. The molecule has 1 aromatic carbocycles. The zero-order valence-electron chi connectivity index (χ0n) is 10.9. The number of amides is 1. The number of nitrogens with one attached hydrogen (secondary N) is 1. The van der Waals surface area contributed by atoms with Gasteiger partial charge in [0.25, 0.3) is 5.91 Å². The second-order valence-corrected chi connectivity index (χ2v) is 5.15. The molecule has 1 fully saturated rings. The molecule has 5 heteroatoms. The highest BCUT2D eigenvalue weighted by Crippen LogP contribution is 2.27. The Balaban J connectivity index is 1.78. The fraction of sp³-hybridized carbons (Fsp3) is 0.500. The van der Waals surface area contributed by atoms with Crippen molar-refractivity contribution in [2.75, 3.05) is 20.1 Å². The first-order chi connectivity index (χ1) is 9.15. The highest BCUT2D eigenvalue weighted by molar-refractivity contribution is 5.98. The van der Waals surface area contributed by atoms with Crippen LogP contribution in [0.2, 0.25) is 0 Å². The average molecular weight is 264 g/mol. The van der Waals surface area contributed by atoms with Gasteiger partial charge in [0.05, 0.1) is 0 Å². The molecule has 4 nitrogen and oxygen atoms in total. The van der Waals surface area contributed by atoms with E-state index in [9.17, 15) is 9.18 Å².